The molecule has 21 heavy (non-hydrogen) atoms. The Bertz CT molecular complexity index is 459. The minimum Gasteiger partial charge on any atom is -0.493 e. The number of carbonyl (C=O) groups excluding carboxylic acids is 1. The molecule has 0 aliphatic heterocycles. The first-order valence-corrected chi connectivity index (χ1v) is 6.61. The highest BCUT2D eigenvalue weighted by molar-refractivity contribution is 5.85. The van der Waals surface area contributed by atoms with Crippen molar-refractivity contribution in [3.63, 3.8) is 0 Å². The minimum absolute atomic E-state index is 0. The molecular weight excluding hydrogens is 292 g/mol. The van der Waals surface area contributed by atoms with E-state index in [9.17, 15) is 4.79 Å². The van der Waals surface area contributed by atoms with Gasteiger partial charge < -0.3 is 20.1 Å². The fourth-order valence-electron chi connectivity index (χ4n) is 1.74. The van der Waals surface area contributed by atoms with E-state index in [-0.39, 0.29) is 30.5 Å². The van der Waals surface area contributed by atoms with E-state index >= 15 is 0 Å². The van der Waals surface area contributed by atoms with Crippen molar-refractivity contribution in [1.29, 1.82) is 0 Å². The molecule has 0 atom stereocenters. The monoisotopic (exact) mass is 316 g/mol. The van der Waals surface area contributed by atoms with Crippen molar-refractivity contribution >= 4 is 18.3 Å². The van der Waals surface area contributed by atoms with Crippen LogP contribution in [-0.4, -0.2) is 32.2 Å². The summed E-state index contributed by atoms with van der Waals surface area (Å²) in [4.78, 5) is 11.7. The Morgan fingerprint density at radius 2 is 1.90 bits per heavy atom. The summed E-state index contributed by atoms with van der Waals surface area (Å²) < 4.78 is 10.8. The Balaban J connectivity index is 0.00000400. The molecule has 5 nitrogen and oxygen atoms in total. The summed E-state index contributed by atoms with van der Waals surface area (Å²) in [5.74, 6) is 1.04. The molecule has 1 aromatic rings. The largest absolute Gasteiger partial charge is 0.493 e. The topological polar surface area (TPSA) is 59.6 Å². The van der Waals surface area contributed by atoms with Gasteiger partial charge in [-0.15, -0.1) is 12.4 Å². The van der Waals surface area contributed by atoms with Gasteiger partial charge in [-0.1, -0.05) is 6.07 Å². The van der Waals surface area contributed by atoms with Crippen LogP contribution in [0.2, 0.25) is 0 Å². The van der Waals surface area contributed by atoms with E-state index in [1.54, 1.807) is 7.11 Å². The normalized spacial score (nSPS) is 10.5. The molecule has 0 aromatic heterocycles. The summed E-state index contributed by atoms with van der Waals surface area (Å²) in [6, 6.07) is 5.65. The third kappa shape index (κ3) is 7.20. The Morgan fingerprint density at radius 3 is 2.43 bits per heavy atom. The van der Waals surface area contributed by atoms with Crippen molar-refractivity contribution in [3.8, 4) is 11.5 Å². The number of nitrogens with one attached hydrogen (secondary N) is 2. The summed E-state index contributed by atoms with van der Waals surface area (Å²) in [6.45, 7) is 6.51. The first-order valence-electron chi connectivity index (χ1n) is 6.61. The highest BCUT2D eigenvalue weighted by Gasteiger charge is 2.15. The molecule has 2 N–H and O–H groups in total. The highest BCUT2D eigenvalue weighted by atomic mass is 35.5. The quantitative estimate of drug-likeness (QED) is 0.844. The fourth-order valence-corrected chi connectivity index (χ4v) is 1.74. The molecule has 1 aromatic carbocycles. The third-order valence-corrected chi connectivity index (χ3v) is 2.48. The third-order valence-electron chi connectivity index (χ3n) is 2.48. The summed E-state index contributed by atoms with van der Waals surface area (Å²) in [5.41, 5.74) is 0.831. The van der Waals surface area contributed by atoms with Gasteiger partial charge in [-0.05, 0) is 45.5 Å². The number of methoxy groups -OCH3 is 1. The Labute approximate surface area is 132 Å². The molecule has 0 aliphatic carbocycles. The lowest BCUT2D eigenvalue weighted by Gasteiger charge is -2.20. The molecular formula is C15H25ClN2O3. The van der Waals surface area contributed by atoms with Crippen LogP contribution in [0.25, 0.3) is 0 Å². The van der Waals surface area contributed by atoms with E-state index in [1.807, 2.05) is 46.0 Å². The van der Waals surface area contributed by atoms with Gasteiger partial charge in [0.25, 0.3) is 5.91 Å². The van der Waals surface area contributed by atoms with Crippen LogP contribution in [0.1, 0.15) is 26.3 Å². The van der Waals surface area contributed by atoms with Gasteiger partial charge in [0, 0.05) is 12.1 Å². The zero-order chi connectivity index (χ0) is 15.2. The maximum atomic E-state index is 11.7. The Morgan fingerprint density at radius 1 is 1.24 bits per heavy atom. The standard InChI is InChI=1S/C15H24N2O3.ClH/c1-15(2,3)17-14(18)10-20-12-7-6-11(9-16-4)8-13(12)19-5;/h6-8,16H,9-10H2,1-5H3,(H,17,18);1H. The molecule has 0 spiro atoms. The smallest absolute Gasteiger partial charge is 0.258 e. The number of carbonyl (C=O) groups is 1. The lowest BCUT2D eigenvalue weighted by molar-refractivity contribution is -0.124. The van der Waals surface area contributed by atoms with Crippen LogP contribution in [-0.2, 0) is 11.3 Å². The number of rotatable bonds is 6. The molecule has 0 radical (unpaired) electrons. The van der Waals surface area contributed by atoms with Gasteiger partial charge in [0.1, 0.15) is 0 Å². The summed E-state index contributed by atoms with van der Waals surface area (Å²) >= 11 is 0. The van der Waals surface area contributed by atoms with Crippen molar-refractivity contribution in [2.45, 2.75) is 32.9 Å². The van der Waals surface area contributed by atoms with Crippen molar-refractivity contribution < 1.29 is 14.3 Å². The van der Waals surface area contributed by atoms with E-state index in [4.69, 9.17) is 9.47 Å². The maximum absolute atomic E-state index is 11.7. The van der Waals surface area contributed by atoms with Crippen molar-refractivity contribution in [3.05, 3.63) is 23.8 Å². The number of amides is 1. The SMILES string of the molecule is CNCc1ccc(OCC(=O)NC(C)(C)C)c(OC)c1.Cl. The molecule has 0 heterocycles. The number of benzene rings is 1. The Hall–Kier alpha value is -1.46. The predicted molar refractivity (Wildman–Crippen MR) is 86.4 cm³/mol. The second kappa shape index (κ2) is 8.74. The second-order valence-electron chi connectivity index (χ2n) is 5.60. The summed E-state index contributed by atoms with van der Waals surface area (Å²) in [5, 5.41) is 5.91. The molecule has 0 bridgehead atoms. The van der Waals surface area contributed by atoms with E-state index in [1.165, 1.54) is 0 Å². The zero-order valence-electron chi connectivity index (χ0n) is 13.3. The predicted octanol–water partition coefficient (Wildman–Crippen LogP) is 2.13. The van der Waals surface area contributed by atoms with Gasteiger partial charge in [-0.25, -0.2) is 0 Å². The van der Waals surface area contributed by atoms with Crippen LogP contribution in [0.15, 0.2) is 18.2 Å². The lowest BCUT2D eigenvalue weighted by atomic mass is 10.1. The molecule has 0 fully saturated rings. The molecule has 0 unspecified atom stereocenters. The minimum atomic E-state index is -0.263. The van der Waals surface area contributed by atoms with Gasteiger partial charge in [0.2, 0.25) is 0 Å². The van der Waals surface area contributed by atoms with E-state index < -0.39 is 0 Å². The van der Waals surface area contributed by atoms with Gasteiger partial charge in [-0.2, -0.15) is 0 Å². The van der Waals surface area contributed by atoms with Crippen molar-refractivity contribution in [2.24, 2.45) is 0 Å². The Kier molecular flexibility index (Phi) is 8.14. The van der Waals surface area contributed by atoms with E-state index in [2.05, 4.69) is 10.6 Å². The molecule has 0 saturated carbocycles. The first-order chi connectivity index (χ1) is 9.35. The number of hydrogen-bond donors (Lipinski definition) is 2. The average Bonchev–Trinajstić information content (AvgIpc) is 2.35. The number of ether oxygens (including phenoxy) is 2. The van der Waals surface area contributed by atoms with E-state index in [0.717, 1.165) is 12.1 Å². The first kappa shape index (κ1) is 19.5. The van der Waals surface area contributed by atoms with Gasteiger partial charge in [-0.3, -0.25) is 4.79 Å². The van der Waals surface area contributed by atoms with E-state index in [0.29, 0.717) is 11.5 Å². The highest BCUT2D eigenvalue weighted by Crippen LogP contribution is 2.27. The molecule has 120 valence electrons. The van der Waals surface area contributed by atoms with Crippen LogP contribution in [0.5, 0.6) is 11.5 Å². The number of halogens is 1. The number of hydrogen-bond acceptors (Lipinski definition) is 4. The maximum Gasteiger partial charge on any atom is 0.258 e. The van der Waals surface area contributed by atoms with Gasteiger partial charge in [0.05, 0.1) is 7.11 Å². The molecule has 0 aliphatic rings. The second-order valence-corrected chi connectivity index (χ2v) is 5.60. The molecule has 1 rings (SSSR count). The molecule has 6 heteroatoms. The van der Waals surface area contributed by atoms with Crippen molar-refractivity contribution in [2.75, 3.05) is 20.8 Å². The van der Waals surface area contributed by atoms with Crippen LogP contribution in [0.3, 0.4) is 0 Å². The van der Waals surface area contributed by atoms with Crippen LogP contribution < -0.4 is 20.1 Å². The van der Waals surface area contributed by atoms with Crippen LogP contribution in [0, 0.1) is 0 Å². The van der Waals surface area contributed by atoms with Gasteiger partial charge >= 0.3 is 0 Å². The summed E-state index contributed by atoms with van der Waals surface area (Å²) in [6.07, 6.45) is 0. The molecule has 1 amide bonds. The fraction of sp³-hybridized carbons (Fsp3) is 0.533. The van der Waals surface area contributed by atoms with Crippen molar-refractivity contribution in [1.82, 2.24) is 10.6 Å². The zero-order valence-corrected chi connectivity index (χ0v) is 14.1. The average molecular weight is 317 g/mol. The lowest BCUT2D eigenvalue weighted by Crippen LogP contribution is -2.43. The van der Waals surface area contributed by atoms with Gasteiger partial charge in [0.15, 0.2) is 18.1 Å². The van der Waals surface area contributed by atoms with Crippen LogP contribution in [0.4, 0.5) is 0 Å². The summed E-state index contributed by atoms with van der Waals surface area (Å²) in [7, 11) is 3.47. The van der Waals surface area contributed by atoms with Crippen LogP contribution >= 0.6 is 12.4 Å². The molecule has 0 saturated heterocycles.